The van der Waals surface area contributed by atoms with Crippen molar-refractivity contribution >= 4 is 26.6 Å². The number of rotatable bonds is 16. The topological polar surface area (TPSA) is 55.6 Å². The van der Waals surface area contributed by atoms with Gasteiger partial charge in [-0.1, -0.05) is 9.24 Å². The van der Waals surface area contributed by atoms with Gasteiger partial charge in [-0.05, 0) is 44.5 Å². The third kappa shape index (κ3) is 7.67. The second kappa shape index (κ2) is 13.0. The predicted molar refractivity (Wildman–Crippen MR) is 128 cm³/mol. The molecule has 0 aromatic heterocycles. The van der Waals surface area contributed by atoms with Gasteiger partial charge < -0.3 is 15.4 Å². The zero-order valence-electron chi connectivity index (χ0n) is 22.1. The van der Waals surface area contributed by atoms with E-state index in [9.17, 15) is 70.7 Å². The molecular formula is C23H26F15N2O2P. The molecule has 20 heteroatoms. The van der Waals surface area contributed by atoms with Crippen LogP contribution in [-0.2, 0) is 9.53 Å². The molecule has 0 radical (unpaired) electrons. The fourth-order valence-corrected chi connectivity index (χ4v) is 3.70. The molecule has 43 heavy (non-hydrogen) atoms. The van der Waals surface area contributed by atoms with Crippen molar-refractivity contribution in [3.05, 3.63) is 24.3 Å². The number of nitrogens with two attached hydrogens (primary N) is 1. The van der Waals surface area contributed by atoms with E-state index in [1.165, 1.54) is 0 Å². The van der Waals surface area contributed by atoms with Crippen LogP contribution < -0.4 is 10.6 Å². The number of hydrogen-bond acceptors (Lipinski definition) is 4. The van der Waals surface area contributed by atoms with Crippen LogP contribution in [0.1, 0.15) is 26.7 Å². The third-order valence-corrected chi connectivity index (χ3v) is 6.59. The largest absolute Gasteiger partial charge is 0.464 e. The maximum absolute atomic E-state index is 14.7. The number of esters is 1. The smallest absolute Gasteiger partial charge is 0.384 e. The maximum atomic E-state index is 14.7. The van der Waals surface area contributed by atoms with E-state index in [1.807, 2.05) is 0 Å². The number of likely N-dealkylation sites (N-methyl/N-ethyl adjacent to an activating group) is 1. The molecule has 1 aromatic carbocycles. The number of hydrogen-bond donors (Lipinski definition) is 1. The van der Waals surface area contributed by atoms with E-state index in [2.05, 4.69) is 0 Å². The molecule has 0 amide bonds. The molecule has 0 spiro atoms. The van der Waals surface area contributed by atoms with Gasteiger partial charge in [0.05, 0.1) is 6.54 Å². The highest BCUT2D eigenvalue weighted by atomic mass is 31.0. The van der Waals surface area contributed by atoms with E-state index in [0.717, 1.165) is 0 Å². The van der Waals surface area contributed by atoms with Gasteiger partial charge in [0.2, 0.25) is 6.17 Å². The van der Waals surface area contributed by atoms with Crippen LogP contribution in [0.5, 0.6) is 0 Å². The van der Waals surface area contributed by atoms with Crippen LogP contribution in [0.25, 0.3) is 0 Å². The van der Waals surface area contributed by atoms with Crippen LogP contribution in [0.15, 0.2) is 24.3 Å². The summed E-state index contributed by atoms with van der Waals surface area (Å²) in [6, 6.07) is 6.33. The van der Waals surface area contributed by atoms with Gasteiger partial charge >= 0.3 is 41.2 Å². The highest BCUT2D eigenvalue weighted by Crippen LogP contribution is 2.60. The maximum Gasteiger partial charge on any atom is 0.384 e. The molecule has 1 rings (SSSR count). The van der Waals surface area contributed by atoms with E-state index in [4.69, 9.17) is 10.5 Å². The Labute approximate surface area is 237 Å². The molecule has 1 aromatic rings. The molecule has 0 bridgehead atoms. The van der Waals surface area contributed by atoms with E-state index < -0.39 is 78.7 Å². The molecule has 0 saturated carbocycles. The average Bonchev–Trinajstić information content (AvgIpc) is 2.88. The first-order valence-electron chi connectivity index (χ1n) is 11.9. The van der Waals surface area contributed by atoms with Crippen LogP contribution in [0.4, 0.5) is 77.2 Å². The van der Waals surface area contributed by atoms with Crippen LogP contribution in [0.2, 0.25) is 0 Å². The van der Waals surface area contributed by atoms with Gasteiger partial charge in [-0.15, -0.1) is 0 Å². The Hall–Kier alpha value is -2.33. The van der Waals surface area contributed by atoms with Crippen molar-refractivity contribution in [2.45, 2.75) is 80.0 Å². The molecule has 4 atom stereocenters. The molecule has 250 valence electrons. The standard InChI is InChI=1S/C23H26F15N2O2P/c1-3-40(13-6-4-12(39)5-7-13)10-11-42-14(41)8-9-17(2,26)15(24)18(27,28)16(25)19(29,30)20(31,32)21(33,34)22(35,36)23(37,38)43/h4-7,15-16H,3,8-11,39,43H2,1-2H3. The summed E-state index contributed by atoms with van der Waals surface area (Å²) in [7, 11) is -0.368. The molecule has 0 saturated heterocycles. The lowest BCUT2D eigenvalue weighted by Crippen LogP contribution is -2.70. The Bertz CT molecular complexity index is 1080. The second-order valence-electron chi connectivity index (χ2n) is 9.54. The summed E-state index contributed by atoms with van der Waals surface area (Å²) in [5.74, 6) is -39.0. The van der Waals surface area contributed by atoms with Crippen LogP contribution >= 0.6 is 9.24 Å². The first-order chi connectivity index (χ1) is 19.1. The fourth-order valence-electron chi connectivity index (χ4n) is 3.52. The Morgan fingerprint density at radius 1 is 0.860 bits per heavy atom. The van der Waals surface area contributed by atoms with Crippen molar-refractivity contribution in [2.75, 3.05) is 30.3 Å². The first kappa shape index (κ1) is 38.7. The predicted octanol–water partition coefficient (Wildman–Crippen LogP) is 7.47. The van der Waals surface area contributed by atoms with Gasteiger partial charge in [-0.3, -0.25) is 4.79 Å². The first-order valence-corrected chi connectivity index (χ1v) is 12.5. The average molecular weight is 678 g/mol. The van der Waals surface area contributed by atoms with Crippen molar-refractivity contribution in [3.8, 4) is 0 Å². The molecule has 4 nitrogen and oxygen atoms in total. The van der Waals surface area contributed by atoms with Crippen molar-refractivity contribution < 1.29 is 75.4 Å². The van der Waals surface area contributed by atoms with Crippen molar-refractivity contribution in [1.82, 2.24) is 0 Å². The second-order valence-corrected chi connectivity index (χ2v) is 10.3. The molecular weight excluding hydrogens is 652 g/mol. The minimum absolute atomic E-state index is 0.0159. The molecule has 0 heterocycles. The lowest BCUT2D eigenvalue weighted by Gasteiger charge is -2.41. The van der Waals surface area contributed by atoms with E-state index >= 15 is 0 Å². The number of ether oxygens (including phenoxy) is 1. The zero-order chi connectivity index (χ0) is 34.0. The Balaban J connectivity index is 2.98. The number of carbonyl (C=O) groups is 1. The highest BCUT2D eigenvalue weighted by Gasteiger charge is 2.88. The summed E-state index contributed by atoms with van der Waals surface area (Å²) in [4.78, 5) is 13.5. The monoisotopic (exact) mass is 678 g/mol. The SMILES string of the molecule is CCN(CCOC(=O)CCC(C)(F)C(F)C(F)(F)C(F)C(F)(F)C(F)(F)C(F)(F)C(F)(F)C(F)(F)P)c1ccc(N)cc1. The van der Waals surface area contributed by atoms with Gasteiger partial charge in [0.15, 0.2) is 6.17 Å². The fraction of sp³-hybridized carbons (Fsp3) is 0.696. The number of alkyl halides is 15. The van der Waals surface area contributed by atoms with Gasteiger partial charge in [0.25, 0.3) is 0 Å². The molecule has 0 aliphatic rings. The molecule has 0 aliphatic carbocycles. The van der Waals surface area contributed by atoms with E-state index in [1.54, 1.807) is 36.1 Å². The third-order valence-electron chi connectivity index (χ3n) is 6.23. The van der Waals surface area contributed by atoms with Crippen LogP contribution in [0, 0.1) is 0 Å². The number of nitrogen functional groups attached to an aromatic ring is 1. The number of carbonyl (C=O) groups excluding carboxylic acids is 1. The number of nitrogens with zero attached hydrogens (tertiary/aromatic N) is 1. The van der Waals surface area contributed by atoms with Crippen molar-refractivity contribution in [3.63, 3.8) is 0 Å². The Morgan fingerprint density at radius 3 is 1.79 bits per heavy atom. The summed E-state index contributed by atoms with van der Waals surface area (Å²) in [5, 5.41) is 0. The lowest BCUT2D eigenvalue weighted by molar-refractivity contribution is -0.405. The zero-order valence-corrected chi connectivity index (χ0v) is 23.2. The highest BCUT2D eigenvalue weighted by molar-refractivity contribution is 7.18. The van der Waals surface area contributed by atoms with Gasteiger partial charge in [-0.2, -0.15) is 52.7 Å². The van der Waals surface area contributed by atoms with Gasteiger partial charge in [0, 0.05) is 24.3 Å². The van der Waals surface area contributed by atoms with Crippen molar-refractivity contribution in [1.29, 1.82) is 0 Å². The van der Waals surface area contributed by atoms with Crippen LogP contribution in [-0.4, -0.2) is 79.0 Å². The van der Waals surface area contributed by atoms with E-state index in [0.29, 0.717) is 17.9 Å². The lowest BCUT2D eigenvalue weighted by atomic mass is 9.86. The van der Waals surface area contributed by atoms with Crippen molar-refractivity contribution in [2.24, 2.45) is 0 Å². The molecule has 2 N–H and O–H groups in total. The van der Waals surface area contributed by atoms with Gasteiger partial charge in [-0.25, -0.2) is 13.2 Å². The summed E-state index contributed by atoms with van der Waals surface area (Å²) >= 11 is 0. The summed E-state index contributed by atoms with van der Waals surface area (Å²) < 4.78 is 211. The normalized spacial score (nSPS) is 16.8. The number of halogens is 15. The number of benzene rings is 1. The summed E-state index contributed by atoms with van der Waals surface area (Å²) in [5.41, 5.74) is -3.83. The number of anilines is 2. The minimum atomic E-state index is -8.00. The molecule has 0 fully saturated rings. The van der Waals surface area contributed by atoms with Crippen LogP contribution in [0.3, 0.4) is 0 Å². The molecule has 0 aliphatic heterocycles. The quantitative estimate of drug-likeness (QED) is 0.0854. The van der Waals surface area contributed by atoms with Gasteiger partial charge in [0.1, 0.15) is 12.3 Å². The Morgan fingerprint density at radius 2 is 1.35 bits per heavy atom. The summed E-state index contributed by atoms with van der Waals surface area (Å²) in [6.45, 7) is 1.54. The Kier molecular flexibility index (Phi) is 11.7. The minimum Gasteiger partial charge on any atom is -0.464 e. The summed E-state index contributed by atoms with van der Waals surface area (Å²) in [6.07, 6.45) is -14.0. The van der Waals surface area contributed by atoms with E-state index in [-0.39, 0.29) is 22.7 Å². The molecule has 4 unspecified atom stereocenters.